The third-order valence-corrected chi connectivity index (χ3v) is 2.19. The molecular weight excluding hydrogens is 218 g/mol. The van der Waals surface area contributed by atoms with Crippen molar-refractivity contribution >= 4 is 11.9 Å². The molecular formula is C13H25NO3. The van der Waals surface area contributed by atoms with E-state index >= 15 is 0 Å². The first-order chi connectivity index (χ1) is 7.85. The Morgan fingerprint density at radius 3 is 2.29 bits per heavy atom. The minimum Gasteiger partial charge on any atom is -0.444 e. The number of amides is 1. The highest BCUT2D eigenvalue weighted by Gasteiger charge is 2.15. The Morgan fingerprint density at radius 2 is 1.76 bits per heavy atom. The predicted octanol–water partition coefficient (Wildman–Crippen LogP) is 3.05. The van der Waals surface area contributed by atoms with Gasteiger partial charge >= 0.3 is 6.09 Å². The van der Waals surface area contributed by atoms with Crippen molar-refractivity contribution in [3.8, 4) is 0 Å². The van der Waals surface area contributed by atoms with E-state index in [2.05, 4.69) is 5.32 Å². The van der Waals surface area contributed by atoms with Crippen molar-refractivity contribution in [2.75, 3.05) is 6.54 Å². The Labute approximate surface area is 104 Å². The van der Waals surface area contributed by atoms with Gasteiger partial charge in [-0.2, -0.15) is 0 Å². The number of carbonyl (C=O) groups excluding carboxylic acids is 2. The van der Waals surface area contributed by atoms with E-state index in [9.17, 15) is 9.59 Å². The zero-order chi connectivity index (χ0) is 13.3. The van der Waals surface area contributed by atoms with E-state index in [0.717, 1.165) is 19.3 Å². The second-order valence-electron chi connectivity index (χ2n) is 5.13. The van der Waals surface area contributed by atoms with E-state index < -0.39 is 5.60 Å². The molecule has 0 aliphatic carbocycles. The number of hydrogen-bond donors (Lipinski definition) is 1. The molecule has 0 saturated heterocycles. The second-order valence-corrected chi connectivity index (χ2v) is 5.13. The summed E-state index contributed by atoms with van der Waals surface area (Å²) in [5.41, 5.74) is -0.447. The summed E-state index contributed by atoms with van der Waals surface area (Å²) >= 11 is 0. The highest BCUT2D eigenvalue weighted by atomic mass is 16.6. The maximum Gasteiger partial charge on any atom is 0.407 e. The van der Waals surface area contributed by atoms with Gasteiger partial charge in [0, 0.05) is 19.4 Å². The van der Waals surface area contributed by atoms with E-state index in [1.165, 1.54) is 0 Å². The molecule has 0 aliphatic rings. The van der Waals surface area contributed by atoms with Gasteiger partial charge in [0.1, 0.15) is 11.4 Å². The van der Waals surface area contributed by atoms with E-state index in [1.807, 2.05) is 27.7 Å². The molecule has 1 amide bonds. The van der Waals surface area contributed by atoms with Crippen LogP contribution >= 0.6 is 0 Å². The Hall–Kier alpha value is -1.06. The van der Waals surface area contributed by atoms with Crippen LogP contribution in [0.2, 0.25) is 0 Å². The average molecular weight is 243 g/mol. The molecule has 0 saturated carbocycles. The molecule has 4 heteroatoms. The molecule has 4 nitrogen and oxygen atoms in total. The summed E-state index contributed by atoms with van der Waals surface area (Å²) < 4.78 is 5.10. The van der Waals surface area contributed by atoms with Crippen molar-refractivity contribution in [3.05, 3.63) is 0 Å². The number of rotatable bonds is 7. The van der Waals surface area contributed by atoms with Gasteiger partial charge in [0.2, 0.25) is 0 Å². The zero-order valence-electron chi connectivity index (χ0n) is 11.5. The maximum atomic E-state index is 11.3. The van der Waals surface area contributed by atoms with E-state index in [4.69, 9.17) is 4.74 Å². The van der Waals surface area contributed by atoms with Crippen molar-refractivity contribution in [1.29, 1.82) is 0 Å². The first-order valence-corrected chi connectivity index (χ1v) is 6.33. The lowest BCUT2D eigenvalue weighted by atomic mass is 10.1. The Balaban J connectivity index is 3.40. The average Bonchev–Trinajstić information content (AvgIpc) is 2.20. The monoisotopic (exact) mass is 243 g/mol. The van der Waals surface area contributed by atoms with Gasteiger partial charge in [-0.15, -0.1) is 0 Å². The molecule has 0 aromatic heterocycles. The Kier molecular flexibility index (Phi) is 7.59. The van der Waals surface area contributed by atoms with Gasteiger partial charge in [0.25, 0.3) is 0 Å². The lowest BCUT2D eigenvalue weighted by Crippen LogP contribution is -2.32. The summed E-state index contributed by atoms with van der Waals surface area (Å²) in [5.74, 6) is 0.310. The number of alkyl carbamates (subject to hydrolysis) is 1. The van der Waals surface area contributed by atoms with Crippen LogP contribution in [-0.4, -0.2) is 24.0 Å². The number of hydrogen-bond acceptors (Lipinski definition) is 3. The number of Topliss-reactive ketones (excluding diaryl/α,β-unsaturated/α-hetero) is 1. The lowest BCUT2D eigenvalue weighted by molar-refractivity contribution is -0.118. The SMILES string of the molecule is CCC(=O)CCCCCNC(=O)OC(C)(C)C. The third-order valence-electron chi connectivity index (χ3n) is 2.19. The molecule has 0 aromatic rings. The quantitative estimate of drug-likeness (QED) is 0.699. The van der Waals surface area contributed by atoms with Crippen molar-refractivity contribution < 1.29 is 14.3 Å². The van der Waals surface area contributed by atoms with Crippen molar-refractivity contribution in [2.24, 2.45) is 0 Å². The van der Waals surface area contributed by atoms with Crippen LogP contribution in [0.5, 0.6) is 0 Å². The number of ether oxygens (including phenoxy) is 1. The van der Waals surface area contributed by atoms with Gasteiger partial charge in [0.05, 0.1) is 0 Å². The van der Waals surface area contributed by atoms with Crippen LogP contribution in [0.1, 0.15) is 59.8 Å². The van der Waals surface area contributed by atoms with Gasteiger partial charge in [-0.25, -0.2) is 4.79 Å². The fraction of sp³-hybridized carbons (Fsp3) is 0.846. The van der Waals surface area contributed by atoms with Crippen LogP contribution < -0.4 is 5.32 Å². The van der Waals surface area contributed by atoms with E-state index in [1.54, 1.807) is 0 Å². The largest absolute Gasteiger partial charge is 0.444 e. The zero-order valence-corrected chi connectivity index (χ0v) is 11.5. The van der Waals surface area contributed by atoms with Gasteiger partial charge < -0.3 is 10.1 Å². The molecule has 0 atom stereocenters. The van der Waals surface area contributed by atoms with Crippen LogP contribution in [0.25, 0.3) is 0 Å². The molecule has 0 bridgehead atoms. The van der Waals surface area contributed by atoms with Crippen LogP contribution in [-0.2, 0) is 9.53 Å². The Bertz CT molecular complexity index is 244. The molecule has 17 heavy (non-hydrogen) atoms. The topological polar surface area (TPSA) is 55.4 Å². The predicted molar refractivity (Wildman–Crippen MR) is 68.0 cm³/mol. The fourth-order valence-electron chi connectivity index (χ4n) is 1.31. The number of carbonyl (C=O) groups is 2. The van der Waals surface area contributed by atoms with Crippen LogP contribution in [0.3, 0.4) is 0 Å². The van der Waals surface area contributed by atoms with Gasteiger partial charge in [-0.3, -0.25) is 4.79 Å². The van der Waals surface area contributed by atoms with E-state index in [-0.39, 0.29) is 6.09 Å². The van der Waals surface area contributed by atoms with Crippen LogP contribution in [0.15, 0.2) is 0 Å². The van der Waals surface area contributed by atoms with Gasteiger partial charge in [-0.05, 0) is 33.6 Å². The Morgan fingerprint density at radius 1 is 1.12 bits per heavy atom. The molecule has 0 aliphatic heterocycles. The van der Waals surface area contributed by atoms with Gasteiger partial charge in [0.15, 0.2) is 0 Å². The number of ketones is 1. The highest BCUT2D eigenvalue weighted by molar-refractivity contribution is 5.77. The molecule has 100 valence electrons. The molecule has 0 fully saturated rings. The summed E-state index contributed by atoms with van der Waals surface area (Å²) in [5, 5.41) is 2.70. The first-order valence-electron chi connectivity index (χ1n) is 6.33. The first kappa shape index (κ1) is 15.9. The standard InChI is InChI=1S/C13H25NO3/c1-5-11(15)9-7-6-8-10-14-12(16)17-13(2,3)4/h5-10H2,1-4H3,(H,14,16). The maximum absolute atomic E-state index is 11.3. The smallest absolute Gasteiger partial charge is 0.407 e. The number of unbranched alkanes of at least 4 members (excludes halogenated alkanes) is 2. The summed E-state index contributed by atoms with van der Waals surface area (Å²) in [7, 11) is 0. The van der Waals surface area contributed by atoms with Gasteiger partial charge in [-0.1, -0.05) is 13.3 Å². The van der Waals surface area contributed by atoms with Crippen molar-refractivity contribution in [2.45, 2.75) is 65.4 Å². The summed E-state index contributed by atoms with van der Waals surface area (Å²) in [6, 6.07) is 0. The summed E-state index contributed by atoms with van der Waals surface area (Å²) in [4.78, 5) is 22.3. The molecule has 1 N–H and O–H groups in total. The summed E-state index contributed by atoms with van der Waals surface area (Å²) in [6.45, 7) is 8.00. The van der Waals surface area contributed by atoms with Crippen LogP contribution in [0.4, 0.5) is 4.79 Å². The normalized spacial score (nSPS) is 11.1. The molecule has 0 unspecified atom stereocenters. The third kappa shape index (κ3) is 11.2. The minimum absolute atomic E-state index is 0.310. The summed E-state index contributed by atoms with van der Waals surface area (Å²) in [6.07, 6.45) is 3.65. The second kappa shape index (κ2) is 8.09. The van der Waals surface area contributed by atoms with Crippen molar-refractivity contribution in [1.82, 2.24) is 5.32 Å². The van der Waals surface area contributed by atoms with Crippen LogP contribution in [0, 0.1) is 0 Å². The highest BCUT2D eigenvalue weighted by Crippen LogP contribution is 2.06. The molecule has 0 radical (unpaired) electrons. The number of nitrogens with one attached hydrogen (secondary N) is 1. The molecule has 0 rings (SSSR count). The lowest BCUT2D eigenvalue weighted by Gasteiger charge is -2.19. The minimum atomic E-state index is -0.447. The molecule has 0 spiro atoms. The molecule has 0 aromatic carbocycles. The van der Waals surface area contributed by atoms with E-state index in [0.29, 0.717) is 25.2 Å². The fourth-order valence-corrected chi connectivity index (χ4v) is 1.31. The molecule has 0 heterocycles. The van der Waals surface area contributed by atoms with Crippen molar-refractivity contribution in [3.63, 3.8) is 0 Å².